The molecule has 5 nitrogen and oxygen atoms in total. The Labute approximate surface area is 166 Å². The molecule has 1 atom stereocenters. The molecule has 1 aromatic carbocycles. The summed E-state index contributed by atoms with van der Waals surface area (Å²) in [6.45, 7) is 4.34. The van der Waals surface area contributed by atoms with E-state index >= 15 is 0 Å². The molecule has 1 saturated carbocycles. The number of sulfonamides is 1. The topological polar surface area (TPSA) is 66.5 Å². The Kier molecular flexibility index (Phi) is 7.56. The summed E-state index contributed by atoms with van der Waals surface area (Å²) in [6, 6.07) is 2.88. The Hall–Kier alpha value is -1.54. The Morgan fingerprint density at radius 2 is 1.96 bits per heavy atom. The molecule has 1 aromatic rings. The second-order valence-corrected chi connectivity index (χ2v) is 10.1. The molecule has 0 spiro atoms. The molecule has 0 heterocycles. The summed E-state index contributed by atoms with van der Waals surface area (Å²) in [5.74, 6) is -1.57. The van der Waals surface area contributed by atoms with Gasteiger partial charge in [0.05, 0.1) is 11.3 Å². The highest BCUT2D eigenvalue weighted by Gasteiger charge is 2.36. The van der Waals surface area contributed by atoms with Crippen molar-refractivity contribution in [2.24, 2.45) is 11.3 Å². The Bertz CT molecular complexity index is 797. The maximum atomic E-state index is 13.9. The number of benzene rings is 1. The number of halogens is 2. The smallest absolute Gasteiger partial charge is 0.254 e. The van der Waals surface area contributed by atoms with Gasteiger partial charge in [0.15, 0.2) is 0 Å². The monoisotopic (exact) mass is 416 g/mol. The minimum atomic E-state index is -3.26. The van der Waals surface area contributed by atoms with E-state index in [4.69, 9.17) is 0 Å². The van der Waals surface area contributed by atoms with Crippen LogP contribution in [-0.4, -0.2) is 44.5 Å². The maximum Gasteiger partial charge on any atom is 0.254 e. The molecule has 1 unspecified atom stereocenters. The second kappa shape index (κ2) is 9.31. The number of nitrogens with zero attached hydrogens (tertiary/aromatic N) is 1. The molecular weight excluding hydrogens is 386 g/mol. The number of hydrogen-bond donors (Lipinski definition) is 1. The standard InChI is InChI=1S/C20H30F2N2O3S/c1-4-20(13-15-6-7-15,10-11-24(3)28(26,27)5-2)14-23-19(25)17-9-8-16(21)12-18(17)22/h8-9,12,15H,4-7,10-11,13-14H2,1-3H3,(H,23,25). The van der Waals surface area contributed by atoms with E-state index in [0.717, 1.165) is 37.8 Å². The molecule has 28 heavy (non-hydrogen) atoms. The molecule has 0 aromatic heterocycles. The average Bonchev–Trinajstić information content (AvgIpc) is 3.47. The lowest BCUT2D eigenvalue weighted by Gasteiger charge is -2.35. The van der Waals surface area contributed by atoms with E-state index in [1.807, 2.05) is 6.92 Å². The highest BCUT2D eigenvalue weighted by Crippen LogP contribution is 2.44. The highest BCUT2D eigenvalue weighted by atomic mass is 32.2. The molecule has 158 valence electrons. The SMILES string of the molecule is CCC(CCN(C)S(=O)(=O)CC)(CNC(=O)c1ccc(F)cc1F)CC1CC1. The van der Waals surface area contributed by atoms with Crippen molar-refractivity contribution in [1.29, 1.82) is 0 Å². The quantitative estimate of drug-likeness (QED) is 0.600. The van der Waals surface area contributed by atoms with E-state index in [1.54, 1.807) is 14.0 Å². The molecule has 0 aliphatic heterocycles. The first-order valence-electron chi connectivity index (χ1n) is 9.79. The van der Waals surface area contributed by atoms with Crippen molar-refractivity contribution in [3.63, 3.8) is 0 Å². The molecule has 0 radical (unpaired) electrons. The number of carbonyl (C=O) groups excluding carboxylic acids is 1. The van der Waals surface area contributed by atoms with Crippen LogP contribution in [0.2, 0.25) is 0 Å². The van der Waals surface area contributed by atoms with Crippen LogP contribution in [0.5, 0.6) is 0 Å². The fraction of sp³-hybridized carbons (Fsp3) is 0.650. The van der Waals surface area contributed by atoms with Gasteiger partial charge in [-0.05, 0) is 49.7 Å². The maximum absolute atomic E-state index is 13.9. The normalized spacial score (nSPS) is 16.8. The summed E-state index contributed by atoms with van der Waals surface area (Å²) in [6.07, 6.45) is 4.57. The highest BCUT2D eigenvalue weighted by molar-refractivity contribution is 7.89. The van der Waals surface area contributed by atoms with Crippen molar-refractivity contribution in [3.05, 3.63) is 35.4 Å². The zero-order chi connectivity index (χ0) is 20.9. The van der Waals surface area contributed by atoms with Crippen LogP contribution in [0.4, 0.5) is 8.78 Å². The van der Waals surface area contributed by atoms with Gasteiger partial charge in [0, 0.05) is 26.2 Å². The molecule has 1 aliphatic rings. The van der Waals surface area contributed by atoms with Crippen LogP contribution in [0.15, 0.2) is 18.2 Å². The first-order valence-corrected chi connectivity index (χ1v) is 11.4. The summed E-state index contributed by atoms with van der Waals surface area (Å²) >= 11 is 0. The third-order valence-corrected chi connectivity index (χ3v) is 7.63. The van der Waals surface area contributed by atoms with Gasteiger partial charge in [-0.2, -0.15) is 0 Å². The number of amides is 1. The third-order valence-electron chi connectivity index (χ3n) is 5.77. The van der Waals surface area contributed by atoms with Gasteiger partial charge in [0.2, 0.25) is 10.0 Å². The van der Waals surface area contributed by atoms with Crippen molar-refractivity contribution in [2.75, 3.05) is 25.9 Å². The van der Waals surface area contributed by atoms with Crippen LogP contribution < -0.4 is 5.32 Å². The zero-order valence-electron chi connectivity index (χ0n) is 16.8. The molecule has 2 rings (SSSR count). The lowest BCUT2D eigenvalue weighted by molar-refractivity contribution is 0.0909. The van der Waals surface area contributed by atoms with E-state index < -0.39 is 27.6 Å². The molecule has 1 fully saturated rings. The zero-order valence-corrected chi connectivity index (χ0v) is 17.6. The Morgan fingerprint density at radius 3 is 2.50 bits per heavy atom. The van der Waals surface area contributed by atoms with Gasteiger partial charge < -0.3 is 5.32 Å². The van der Waals surface area contributed by atoms with Gasteiger partial charge in [-0.25, -0.2) is 21.5 Å². The third kappa shape index (κ3) is 5.98. The van der Waals surface area contributed by atoms with E-state index in [2.05, 4.69) is 5.32 Å². The van der Waals surface area contributed by atoms with Crippen molar-refractivity contribution in [1.82, 2.24) is 9.62 Å². The summed E-state index contributed by atoms with van der Waals surface area (Å²) < 4.78 is 52.4. The average molecular weight is 417 g/mol. The van der Waals surface area contributed by atoms with Crippen LogP contribution >= 0.6 is 0 Å². The predicted octanol–water partition coefficient (Wildman–Crippen LogP) is 3.56. The van der Waals surface area contributed by atoms with Gasteiger partial charge in [0.1, 0.15) is 11.6 Å². The van der Waals surface area contributed by atoms with E-state index in [-0.39, 0.29) is 16.7 Å². The van der Waals surface area contributed by atoms with Crippen LogP contribution in [0.25, 0.3) is 0 Å². The van der Waals surface area contributed by atoms with Crippen LogP contribution in [0.1, 0.15) is 56.3 Å². The molecule has 0 bridgehead atoms. The number of rotatable bonds is 11. The predicted molar refractivity (Wildman–Crippen MR) is 105 cm³/mol. The number of carbonyl (C=O) groups is 1. The van der Waals surface area contributed by atoms with Gasteiger partial charge >= 0.3 is 0 Å². The molecule has 1 amide bonds. The summed E-state index contributed by atoms with van der Waals surface area (Å²) in [7, 11) is -1.69. The van der Waals surface area contributed by atoms with E-state index in [9.17, 15) is 22.0 Å². The minimum absolute atomic E-state index is 0.0474. The van der Waals surface area contributed by atoms with E-state index in [1.165, 1.54) is 4.31 Å². The summed E-state index contributed by atoms with van der Waals surface area (Å²) in [5, 5.41) is 2.79. The molecular formula is C20H30F2N2O3S. The molecule has 1 N–H and O–H groups in total. The minimum Gasteiger partial charge on any atom is -0.351 e. The van der Waals surface area contributed by atoms with Gasteiger partial charge in [-0.3, -0.25) is 4.79 Å². The van der Waals surface area contributed by atoms with Gasteiger partial charge in [0.25, 0.3) is 5.91 Å². The largest absolute Gasteiger partial charge is 0.351 e. The number of nitrogens with one attached hydrogen (secondary N) is 1. The Balaban J connectivity index is 2.08. The van der Waals surface area contributed by atoms with Crippen molar-refractivity contribution in [3.8, 4) is 0 Å². The molecule has 1 aliphatic carbocycles. The van der Waals surface area contributed by atoms with Crippen LogP contribution in [-0.2, 0) is 10.0 Å². The van der Waals surface area contributed by atoms with Crippen molar-refractivity contribution < 1.29 is 22.0 Å². The first kappa shape index (κ1) is 22.7. The van der Waals surface area contributed by atoms with Crippen molar-refractivity contribution >= 4 is 15.9 Å². The summed E-state index contributed by atoms with van der Waals surface area (Å²) in [5.41, 5.74) is -0.450. The summed E-state index contributed by atoms with van der Waals surface area (Å²) in [4.78, 5) is 12.4. The fourth-order valence-corrected chi connectivity index (χ4v) is 4.24. The lowest BCUT2D eigenvalue weighted by Crippen LogP contribution is -2.41. The van der Waals surface area contributed by atoms with Crippen LogP contribution in [0, 0.1) is 23.0 Å². The lowest BCUT2D eigenvalue weighted by atomic mass is 9.76. The van der Waals surface area contributed by atoms with Gasteiger partial charge in [-0.15, -0.1) is 0 Å². The van der Waals surface area contributed by atoms with E-state index in [0.29, 0.717) is 31.5 Å². The molecule has 0 saturated heterocycles. The molecule has 8 heteroatoms. The van der Waals surface area contributed by atoms with Gasteiger partial charge in [-0.1, -0.05) is 19.8 Å². The number of hydrogen-bond acceptors (Lipinski definition) is 3. The Morgan fingerprint density at radius 1 is 1.29 bits per heavy atom. The second-order valence-electron chi connectivity index (χ2n) is 7.78. The van der Waals surface area contributed by atoms with Crippen LogP contribution in [0.3, 0.4) is 0 Å². The first-order chi connectivity index (χ1) is 13.1. The van der Waals surface area contributed by atoms with Crippen molar-refractivity contribution in [2.45, 2.75) is 46.0 Å². The fourth-order valence-electron chi connectivity index (χ4n) is 3.43.